The molecule has 3 heterocycles. The third-order valence-corrected chi connectivity index (χ3v) is 3.90. The van der Waals surface area contributed by atoms with Crippen LogP contribution in [0.3, 0.4) is 0 Å². The topological polar surface area (TPSA) is 109 Å². The maximum Gasteiger partial charge on any atom is 0.342 e. The highest BCUT2D eigenvalue weighted by atomic mass is 32.2. The molecule has 0 saturated heterocycles. The first-order chi connectivity index (χ1) is 10.9. The minimum absolute atomic E-state index is 0.0230. The van der Waals surface area contributed by atoms with E-state index in [0.29, 0.717) is 11.3 Å². The highest BCUT2D eigenvalue weighted by Crippen LogP contribution is 2.24. The van der Waals surface area contributed by atoms with Gasteiger partial charge in [-0.1, -0.05) is 0 Å². The smallest absolute Gasteiger partial charge is 0.342 e. The Bertz CT molecular complexity index is 925. The van der Waals surface area contributed by atoms with E-state index in [9.17, 15) is 13.7 Å². The molecule has 0 aliphatic carbocycles. The van der Waals surface area contributed by atoms with Crippen molar-refractivity contribution in [3.8, 4) is 11.3 Å². The van der Waals surface area contributed by atoms with Gasteiger partial charge in [-0.05, 0) is 13.0 Å². The Labute approximate surface area is 133 Å². The first-order valence-corrected chi connectivity index (χ1v) is 8.08. The van der Waals surface area contributed by atoms with E-state index in [-0.39, 0.29) is 22.1 Å². The largest absolute Gasteiger partial charge is 0.609 e. The van der Waals surface area contributed by atoms with Crippen LogP contribution in [0.15, 0.2) is 29.8 Å². The Morgan fingerprint density at radius 3 is 2.78 bits per heavy atom. The van der Waals surface area contributed by atoms with Crippen molar-refractivity contribution in [2.45, 2.75) is 12.1 Å². The monoisotopic (exact) mass is 333 g/mol. The van der Waals surface area contributed by atoms with Crippen LogP contribution in [0.25, 0.3) is 16.9 Å². The van der Waals surface area contributed by atoms with Crippen molar-refractivity contribution in [3.63, 3.8) is 0 Å². The van der Waals surface area contributed by atoms with E-state index in [0.717, 1.165) is 0 Å². The number of halogens is 1. The molecule has 9 heteroatoms. The molecule has 1 atom stereocenters. The average molecular weight is 333 g/mol. The van der Waals surface area contributed by atoms with E-state index in [1.807, 2.05) is 0 Å². The molecule has 0 bridgehead atoms. The number of carbonyl (C=O) groups excluding carboxylic acids is 1. The maximum atomic E-state index is 14.2. The molecular formula is C14H12FN5O2S. The Morgan fingerprint density at radius 1 is 1.39 bits per heavy atom. The molecule has 118 valence electrons. The molecule has 0 spiro atoms. The van der Waals surface area contributed by atoms with Crippen LogP contribution in [-0.4, -0.2) is 36.1 Å². The molecule has 2 N–H and O–H groups in total. The molecule has 1 unspecified atom stereocenters. The van der Waals surface area contributed by atoms with Crippen LogP contribution in [0.2, 0.25) is 0 Å². The van der Waals surface area contributed by atoms with Crippen molar-refractivity contribution >= 4 is 22.7 Å². The number of aromatic nitrogens is 4. The van der Waals surface area contributed by atoms with Gasteiger partial charge < -0.3 is 14.7 Å². The van der Waals surface area contributed by atoms with Crippen LogP contribution in [-0.2, 0) is 11.2 Å². The van der Waals surface area contributed by atoms with Crippen molar-refractivity contribution in [2.24, 2.45) is 5.73 Å². The lowest BCUT2D eigenvalue weighted by atomic mass is 10.1. The van der Waals surface area contributed by atoms with Gasteiger partial charge in [0.05, 0.1) is 17.0 Å². The second-order valence-electron chi connectivity index (χ2n) is 4.92. The predicted molar refractivity (Wildman–Crippen MR) is 81.8 cm³/mol. The molecular weight excluding hydrogens is 321 g/mol. The lowest BCUT2D eigenvalue weighted by molar-refractivity contribution is 0.1000. The average Bonchev–Trinajstić information content (AvgIpc) is 2.87. The summed E-state index contributed by atoms with van der Waals surface area (Å²) in [7, 11) is 0. The lowest BCUT2D eigenvalue weighted by Crippen LogP contribution is -2.16. The summed E-state index contributed by atoms with van der Waals surface area (Å²) in [4.78, 5) is 23.6. The number of carbonyl (C=O) groups is 1. The van der Waals surface area contributed by atoms with E-state index in [2.05, 4.69) is 15.0 Å². The first kappa shape index (κ1) is 15.4. The van der Waals surface area contributed by atoms with Gasteiger partial charge in [0.15, 0.2) is 11.5 Å². The van der Waals surface area contributed by atoms with Gasteiger partial charge >= 0.3 is 5.16 Å². The van der Waals surface area contributed by atoms with Crippen molar-refractivity contribution in [3.05, 3.63) is 41.7 Å². The maximum absolute atomic E-state index is 14.2. The number of primary amides is 1. The number of amides is 1. The quantitative estimate of drug-likeness (QED) is 0.569. The third-order valence-electron chi connectivity index (χ3n) is 3.19. The zero-order chi connectivity index (χ0) is 16.7. The zero-order valence-electron chi connectivity index (χ0n) is 12.3. The van der Waals surface area contributed by atoms with Crippen LogP contribution in [0, 0.1) is 12.7 Å². The molecule has 0 aliphatic rings. The summed E-state index contributed by atoms with van der Waals surface area (Å²) >= 11 is -1.45. The highest BCUT2D eigenvalue weighted by molar-refractivity contribution is 7.90. The van der Waals surface area contributed by atoms with Gasteiger partial charge in [-0.3, -0.25) is 4.79 Å². The summed E-state index contributed by atoms with van der Waals surface area (Å²) in [5, 5.41) is 0.0346. The number of pyridine rings is 1. The van der Waals surface area contributed by atoms with Crippen LogP contribution < -0.4 is 5.73 Å². The van der Waals surface area contributed by atoms with Gasteiger partial charge in [0, 0.05) is 35.3 Å². The van der Waals surface area contributed by atoms with E-state index >= 15 is 0 Å². The molecule has 3 rings (SSSR count). The van der Waals surface area contributed by atoms with Crippen LogP contribution in [0.5, 0.6) is 0 Å². The van der Waals surface area contributed by atoms with Crippen molar-refractivity contribution in [2.75, 3.05) is 6.26 Å². The van der Waals surface area contributed by atoms with E-state index in [1.165, 1.54) is 22.9 Å². The Hall–Kier alpha value is -2.52. The second-order valence-corrected chi connectivity index (χ2v) is 6.20. The van der Waals surface area contributed by atoms with Crippen LogP contribution >= 0.6 is 0 Å². The molecule has 0 radical (unpaired) electrons. The molecule has 0 aromatic carbocycles. The number of rotatable bonds is 3. The van der Waals surface area contributed by atoms with Crippen LogP contribution in [0.1, 0.15) is 16.1 Å². The molecule has 7 nitrogen and oxygen atoms in total. The molecule has 3 aromatic rings. The summed E-state index contributed by atoms with van der Waals surface area (Å²) in [6, 6.07) is 1.21. The molecule has 0 aliphatic heterocycles. The number of fused-ring (bicyclic) bond motifs is 1. The summed E-state index contributed by atoms with van der Waals surface area (Å²) in [5.74, 6) is -1.32. The normalized spacial score (nSPS) is 12.5. The zero-order valence-corrected chi connectivity index (χ0v) is 13.1. The lowest BCUT2D eigenvalue weighted by Gasteiger charge is -2.09. The third kappa shape index (κ3) is 2.76. The number of aryl methyl sites for hydroxylation is 1. The fourth-order valence-electron chi connectivity index (χ4n) is 2.21. The minimum atomic E-state index is -1.45. The predicted octanol–water partition coefficient (Wildman–Crippen LogP) is 1.08. The van der Waals surface area contributed by atoms with Gasteiger partial charge in [0.1, 0.15) is 6.26 Å². The van der Waals surface area contributed by atoms with Crippen LogP contribution in [0.4, 0.5) is 4.39 Å². The molecule has 3 aromatic heterocycles. The van der Waals surface area contributed by atoms with Gasteiger partial charge in [-0.25, -0.2) is 9.37 Å². The Balaban J connectivity index is 2.27. The SMILES string of the molecule is Cc1cn2cc(-c3nc([S+](C)[O-])ncc3C(N)=O)cc(F)c2n1. The van der Waals surface area contributed by atoms with Gasteiger partial charge in [-0.15, -0.1) is 0 Å². The molecule has 1 amide bonds. The van der Waals surface area contributed by atoms with Gasteiger partial charge in [0.2, 0.25) is 0 Å². The van der Waals surface area contributed by atoms with Crippen molar-refractivity contribution < 1.29 is 13.7 Å². The van der Waals surface area contributed by atoms with Gasteiger partial charge in [0.25, 0.3) is 5.91 Å². The van der Waals surface area contributed by atoms with E-state index in [4.69, 9.17) is 5.73 Å². The van der Waals surface area contributed by atoms with Gasteiger partial charge in [-0.2, -0.15) is 9.97 Å². The summed E-state index contributed by atoms with van der Waals surface area (Å²) in [6.45, 7) is 1.74. The number of nitrogens with zero attached hydrogens (tertiary/aromatic N) is 4. The van der Waals surface area contributed by atoms with Crippen molar-refractivity contribution in [1.29, 1.82) is 0 Å². The van der Waals surface area contributed by atoms with E-state index in [1.54, 1.807) is 19.3 Å². The molecule has 0 fully saturated rings. The number of nitrogens with two attached hydrogens (primary N) is 1. The highest BCUT2D eigenvalue weighted by Gasteiger charge is 2.19. The van der Waals surface area contributed by atoms with Crippen molar-refractivity contribution in [1.82, 2.24) is 19.4 Å². The fourth-order valence-corrected chi connectivity index (χ4v) is 2.63. The first-order valence-electron chi connectivity index (χ1n) is 6.52. The summed E-state index contributed by atoms with van der Waals surface area (Å²) in [6.07, 6.45) is 5.83. The van der Waals surface area contributed by atoms with E-state index < -0.39 is 22.9 Å². The molecule has 23 heavy (non-hydrogen) atoms. The standard InChI is InChI=1S/C14H12FN5O2S/c1-7-5-20-6-8(3-10(15)13(20)18-7)11-9(12(16)21)4-17-14(19-11)23(2)22/h3-6H,1-2H3,(H2,16,21). The minimum Gasteiger partial charge on any atom is -0.609 e. The number of hydrogen-bond donors (Lipinski definition) is 1. The second kappa shape index (κ2) is 5.60. The number of hydrogen-bond acceptors (Lipinski definition) is 5. The summed E-state index contributed by atoms with van der Waals surface area (Å²) in [5.41, 5.74) is 6.61. The Morgan fingerprint density at radius 2 is 2.13 bits per heavy atom. The fraction of sp³-hybridized carbons (Fsp3) is 0.143. The Kier molecular flexibility index (Phi) is 3.74. The number of imidazole rings is 1. The molecule has 0 saturated carbocycles. The summed E-state index contributed by atoms with van der Waals surface area (Å²) < 4.78 is 27.3.